The summed E-state index contributed by atoms with van der Waals surface area (Å²) < 4.78 is 5.40. The molecule has 1 heterocycles. The number of phenolic OH excluding ortho intramolecular Hbond substituents is 1. The van der Waals surface area contributed by atoms with Crippen molar-refractivity contribution in [2.24, 2.45) is 5.92 Å². The third kappa shape index (κ3) is 2.62. The summed E-state index contributed by atoms with van der Waals surface area (Å²) >= 11 is 0. The highest BCUT2D eigenvalue weighted by molar-refractivity contribution is 5.55. The molecule has 0 unspecified atom stereocenters. The standard InChI is InChI=1S/C15H18N2O2/c1-10-2-4-12(5-3-10)15-16-14(17-19-15)11-6-8-13(18)9-7-11/h6-10,12,18H,2-5H2,1H3. The third-order valence-corrected chi connectivity index (χ3v) is 3.93. The van der Waals surface area contributed by atoms with Crippen molar-refractivity contribution in [2.75, 3.05) is 0 Å². The summed E-state index contributed by atoms with van der Waals surface area (Å²) in [4.78, 5) is 4.50. The molecule has 0 spiro atoms. The Hall–Kier alpha value is -1.84. The lowest BCUT2D eigenvalue weighted by Crippen LogP contribution is -2.10. The third-order valence-electron chi connectivity index (χ3n) is 3.93. The van der Waals surface area contributed by atoms with Gasteiger partial charge in [0.15, 0.2) is 0 Å². The molecule has 1 fully saturated rings. The summed E-state index contributed by atoms with van der Waals surface area (Å²) in [5.41, 5.74) is 0.872. The lowest BCUT2D eigenvalue weighted by atomic mass is 9.83. The van der Waals surface area contributed by atoms with Crippen LogP contribution in [0.2, 0.25) is 0 Å². The van der Waals surface area contributed by atoms with Crippen molar-refractivity contribution in [3.8, 4) is 17.1 Å². The summed E-state index contributed by atoms with van der Waals surface area (Å²) in [5, 5.41) is 13.3. The number of benzene rings is 1. The van der Waals surface area contributed by atoms with Crippen LogP contribution in [0.5, 0.6) is 5.75 Å². The Morgan fingerprint density at radius 1 is 1.11 bits per heavy atom. The van der Waals surface area contributed by atoms with Crippen molar-refractivity contribution in [1.82, 2.24) is 10.1 Å². The highest BCUT2D eigenvalue weighted by Crippen LogP contribution is 2.35. The smallest absolute Gasteiger partial charge is 0.230 e. The topological polar surface area (TPSA) is 59.2 Å². The molecule has 0 saturated heterocycles. The molecule has 0 atom stereocenters. The Kier molecular flexibility index (Phi) is 3.23. The molecule has 1 aromatic heterocycles. The van der Waals surface area contributed by atoms with Gasteiger partial charge in [0.05, 0.1) is 0 Å². The van der Waals surface area contributed by atoms with Gasteiger partial charge in [0.2, 0.25) is 11.7 Å². The number of rotatable bonds is 2. The van der Waals surface area contributed by atoms with E-state index in [0.717, 1.165) is 30.2 Å². The van der Waals surface area contributed by atoms with E-state index in [1.54, 1.807) is 24.3 Å². The summed E-state index contributed by atoms with van der Waals surface area (Å²) in [5.74, 6) is 2.84. The molecule has 0 radical (unpaired) electrons. The van der Waals surface area contributed by atoms with Crippen LogP contribution in [0, 0.1) is 5.92 Å². The predicted octanol–water partition coefficient (Wildman–Crippen LogP) is 3.74. The van der Waals surface area contributed by atoms with E-state index in [1.165, 1.54) is 12.8 Å². The van der Waals surface area contributed by atoms with Gasteiger partial charge in [0.1, 0.15) is 5.75 Å². The minimum atomic E-state index is 0.244. The second-order valence-corrected chi connectivity index (χ2v) is 5.46. The van der Waals surface area contributed by atoms with Crippen LogP contribution in [0.25, 0.3) is 11.4 Å². The van der Waals surface area contributed by atoms with Gasteiger partial charge in [-0.15, -0.1) is 0 Å². The maximum atomic E-state index is 9.27. The Balaban J connectivity index is 1.77. The average molecular weight is 258 g/mol. The lowest BCUT2D eigenvalue weighted by molar-refractivity contribution is 0.281. The number of aromatic nitrogens is 2. The van der Waals surface area contributed by atoms with Crippen molar-refractivity contribution < 1.29 is 9.63 Å². The van der Waals surface area contributed by atoms with Crippen molar-refractivity contribution >= 4 is 0 Å². The normalized spacial score (nSPS) is 23.4. The Bertz CT molecular complexity index is 540. The van der Waals surface area contributed by atoms with Crippen LogP contribution in [0.15, 0.2) is 28.8 Å². The van der Waals surface area contributed by atoms with E-state index < -0.39 is 0 Å². The second-order valence-electron chi connectivity index (χ2n) is 5.46. The van der Waals surface area contributed by atoms with Gasteiger partial charge in [0, 0.05) is 11.5 Å². The van der Waals surface area contributed by atoms with Gasteiger partial charge in [-0.1, -0.05) is 12.1 Å². The molecule has 4 heteroatoms. The highest BCUT2D eigenvalue weighted by atomic mass is 16.5. The largest absolute Gasteiger partial charge is 0.508 e. The van der Waals surface area contributed by atoms with E-state index in [2.05, 4.69) is 17.1 Å². The molecular formula is C15H18N2O2. The zero-order valence-corrected chi connectivity index (χ0v) is 11.0. The number of hydrogen-bond donors (Lipinski definition) is 1. The zero-order chi connectivity index (χ0) is 13.2. The molecule has 1 N–H and O–H groups in total. The van der Waals surface area contributed by atoms with Crippen molar-refractivity contribution in [1.29, 1.82) is 0 Å². The molecule has 1 aromatic carbocycles. The van der Waals surface area contributed by atoms with E-state index in [-0.39, 0.29) is 5.75 Å². The van der Waals surface area contributed by atoms with Crippen LogP contribution >= 0.6 is 0 Å². The lowest BCUT2D eigenvalue weighted by Gasteiger charge is -2.23. The van der Waals surface area contributed by atoms with Crippen molar-refractivity contribution in [3.05, 3.63) is 30.2 Å². The van der Waals surface area contributed by atoms with Crippen molar-refractivity contribution in [2.45, 2.75) is 38.5 Å². The van der Waals surface area contributed by atoms with E-state index in [1.807, 2.05) is 0 Å². The molecule has 1 aliphatic carbocycles. The Morgan fingerprint density at radius 2 is 1.79 bits per heavy atom. The molecule has 1 aliphatic rings. The Morgan fingerprint density at radius 3 is 2.47 bits per heavy atom. The molecule has 0 aliphatic heterocycles. The molecule has 3 rings (SSSR count). The van der Waals surface area contributed by atoms with E-state index in [9.17, 15) is 5.11 Å². The van der Waals surface area contributed by atoms with Gasteiger partial charge in [-0.2, -0.15) is 4.98 Å². The van der Waals surface area contributed by atoms with Crippen LogP contribution < -0.4 is 0 Å². The van der Waals surface area contributed by atoms with Gasteiger partial charge < -0.3 is 9.63 Å². The number of nitrogens with zero attached hydrogens (tertiary/aromatic N) is 2. The first kappa shape index (κ1) is 12.2. The predicted molar refractivity (Wildman–Crippen MR) is 71.8 cm³/mol. The maximum Gasteiger partial charge on any atom is 0.230 e. The van der Waals surface area contributed by atoms with Gasteiger partial charge in [0.25, 0.3) is 0 Å². The molecule has 1 saturated carbocycles. The number of aromatic hydroxyl groups is 1. The molecule has 0 amide bonds. The second kappa shape index (κ2) is 5.03. The summed E-state index contributed by atoms with van der Waals surface area (Å²) in [6.07, 6.45) is 4.75. The average Bonchev–Trinajstić information content (AvgIpc) is 2.90. The summed E-state index contributed by atoms with van der Waals surface area (Å²) in [7, 11) is 0. The summed E-state index contributed by atoms with van der Waals surface area (Å²) in [6.45, 7) is 2.30. The molecule has 0 bridgehead atoms. The van der Waals surface area contributed by atoms with Crippen LogP contribution in [0.3, 0.4) is 0 Å². The van der Waals surface area contributed by atoms with E-state index in [0.29, 0.717) is 11.7 Å². The van der Waals surface area contributed by atoms with Gasteiger partial charge in [-0.25, -0.2) is 0 Å². The van der Waals surface area contributed by atoms with Crippen LogP contribution in [0.1, 0.15) is 44.4 Å². The van der Waals surface area contributed by atoms with Crippen LogP contribution in [-0.2, 0) is 0 Å². The molecule has 2 aromatic rings. The molecule has 19 heavy (non-hydrogen) atoms. The van der Waals surface area contributed by atoms with Crippen LogP contribution in [-0.4, -0.2) is 15.2 Å². The molecule has 100 valence electrons. The minimum Gasteiger partial charge on any atom is -0.508 e. The SMILES string of the molecule is CC1CCC(c2nc(-c3ccc(O)cc3)no2)CC1. The fraction of sp³-hybridized carbons (Fsp3) is 0.467. The first-order valence-electron chi connectivity index (χ1n) is 6.85. The summed E-state index contributed by atoms with van der Waals surface area (Å²) in [6, 6.07) is 6.86. The van der Waals surface area contributed by atoms with Gasteiger partial charge in [-0.3, -0.25) is 0 Å². The minimum absolute atomic E-state index is 0.244. The highest BCUT2D eigenvalue weighted by Gasteiger charge is 2.24. The first-order valence-corrected chi connectivity index (χ1v) is 6.85. The number of hydrogen-bond acceptors (Lipinski definition) is 4. The molecular weight excluding hydrogens is 240 g/mol. The fourth-order valence-electron chi connectivity index (χ4n) is 2.64. The maximum absolute atomic E-state index is 9.27. The monoisotopic (exact) mass is 258 g/mol. The van der Waals surface area contributed by atoms with Gasteiger partial charge >= 0.3 is 0 Å². The van der Waals surface area contributed by atoms with Gasteiger partial charge in [-0.05, 0) is 55.9 Å². The van der Waals surface area contributed by atoms with Crippen molar-refractivity contribution in [3.63, 3.8) is 0 Å². The Labute approximate surface area is 112 Å². The first-order chi connectivity index (χ1) is 9.22. The van der Waals surface area contributed by atoms with Crippen LogP contribution in [0.4, 0.5) is 0 Å². The van der Waals surface area contributed by atoms with E-state index >= 15 is 0 Å². The quantitative estimate of drug-likeness (QED) is 0.891. The zero-order valence-electron chi connectivity index (χ0n) is 11.0. The molecule has 4 nitrogen and oxygen atoms in total. The van der Waals surface area contributed by atoms with E-state index in [4.69, 9.17) is 4.52 Å². The fourth-order valence-corrected chi connectivity index (χ4v) is 2.64. The number of phenols is 1.